The quantitative estimate of drug-likeness (QED) is 0.333. The fourth-order valence-corrected chi connectivity index (χ4v) is 6.87. The first kappa shape index (κ1) is 22.4. The Balaban J connectivity index is 1.78. The van der Waals surface area contributed by atoms with Gasteiger partial charge in [-0.05, 0) is 43.4 Å². The van der Waals surface area contributed by atoms with Gasteiger partial charge in [-0.1, -0.05) is 74.3 Å². The highest BCUT2D eigenvalue weighted by atomic mass is 32.2. The SMILES string of the molecule is CCCSc1nnc2n(-c3ccccc3OC)c(=O)c3c(n12)-c1ccccc1CC31CCCCC1. The Hall–Kier alpha value is -3.06. The molecule has 7 heteroatoms. The first-order valence-corrected chi connectivity index (χ1v) is 13.6. The monoisotopic (exact) mass is 486 g/mol. The van der Waals surface area contributed by atoms with E-state index in [1.165, 1.54) is 12.0 Å². The number of para-hydroxylation sites is 2. The molecule has 6 nitrogen and oxygen atoms in total. The summed E-state index contributed by atoms with van der Waals surface area (Å²) in [5, 5.41) is 10.0. The van der Waals surface area contributed by atoms with Crippen LogP contribution in [0, 0.1) is 0 Å². The van der Waals surface area contributed by atoms with Gasteiger partial charge in [0.1, 0.15) is 5.75 Å². The Morgan fingerprint density at radius 1 is 1.03 bits per heavy atom. The highest BCUT2D eigenvalue weighted by Gasteiger charge is 2.44. The maximum absolute atomic E-state index is 14.6. The van der Waals surface area contributed by atoms with Crippen LogP contribution in [-0.4, -0.2) is 32.0 Å². The summed E-state index contributed by atoms with van der Waals surface area (Å²) in [6.07, 6.45) is 7.52. The minimum atomic E-state index is -0.173. The van der Waals surface area contributed by atoms with E-state index in [1.54, 1.807) is 23.4 Å². The largest absolute Gasteiger partial charge is 0.495 e. The van der Waals surface area contributed by atoms with Gasteiger partial charge in [0.25, 0.3) is 5.56 Å². The smallest absolute Gasteiger partial charge is 0.264 e. The van der Waals surface area contributed by atoms with Gasteiger partial charge in [0, 0.05) is 22.3 Å². The molecule has 2 heterocycles. The van der Waals surface area contributed by atoms with Crippen molar-refractivity contribution in [2.24, 2.45) is 0 Å². The summed E-state index contributed by atoms with van der Waals surface area (Å²) in [5.41, 5.74) is 4.90. The summed E-state index contributed by atoms with van der Waals surface area (Å²) >= 11 is 1.70. The molecular formula is C28H30N4O2S. The molecule has 4 aromatic rings. The molecule has 0 saturated heterocycles. The van der Waals surface area contributed by atoms with E-state index in [1.807, 2.05) is 24.3 Å². The second kappa shape index (κ2) is 8.86. The maximum atomic E-state index is 14.6. The van der Waals surface area contributed by atoms with E-state index in [0.29, 0.717) is 17.2 Å². The number of fused-ring (bicyclic) bond motifs is 6. The number of hydrogen-bond acceptors (Lipinski definition) is 5. The van der Waals surface area contributed by atoms with Crippen LogP contribution in [-0.2, 0) is 11.8 Å². The van der Waals surface area contributed by atoms with Crippen LogP contribution in [0.5, 0.6) is 5.75 Å². The van der Waals surface area contributed by atoms with Crippen LogP contribution in [0.3, 0.4) is 0 Å². The zero-order valence-electron chi connectivity index (χ0n) is 20.3. The van der Waals surface area contributed by atoms with Crippen LogP contribution in [0.25, 0.3) is 22.7 Å². The Morgan fingerprint density at radius 2 is 1.80 bits per heavy atom. The van der Waals surface area contributed by atoms with Crippen LogP contribution in [0.4, 0.5) is 0 Å². The zero-order valence-corrected chi connectivity index (χ0v) is 21.1. The maximum Gasteiger partial charge on any atom is 0.264 e. The Labute approximate surface area is 209 Å². The lowest BCUT2D eigenvalue weighted by Crippen LogP contribution is -2.43. The minimum Gasteiger partial charge on any atom is -0.495 e. The van der Waals surface area contributed by atoms with Crippen molar-refractivity contribution in [1.29, 1.82) is 0 Å². The third-order valence-electron chi connectivity index (χ3n) is 7.60. The molecule has 1 fully saturated rings. The number of aromatic nitrogens is 4. The lowest BCUT2D eigenvalue weighted by molar-refractivity contribution is 0.284. The number of nitrogens with zero attached hydrogens (tertiary/aromatic N) is 4. The molecule has 0 atom stereocenters. The highest BCUT2D eigenvalue weighted by Crippen LogP contribution is 2.49. The molecule has 6 rings (SSSR count). The van der Waals surface area contributed by atoms with Crippen LogP contribution in [0.15, 0.2) is 58.5 Å². The van der Waals surface area contributed by atoms with Crippen molar-refractivity contribution < 1.29 is 4.74 Å². The molecule has 2 aromatic heterocycles. The molecule has 2 aliphatic carbocycles. The van der Waals surface area contributed by atoms with Gasteiger partial charge < -0.3 is 4.74 Å². The standard InChI is InChI=1S/C28H30N4O2S/c1-3-17-35-27-30-29-26-31(21-13-7-8-14-22(21)34-2)25(33)23-24(32(26)27)20-12-6-5-11-19(20)18-28(23)15-9-4-10-16-28/h5-8,11-14H,3-4,9-10,15-18H2,1-2H3. The fourth-order valence-electron chi connectivity index (χ4n) is 6.08. The number of hydrogen-bond donors (Lipinski definition) is 0. The Morgan fingerprint density at radius 3 is 2.60 bits per heavy atom. The van der Waals surface area contributed by atoms with Gasteiger partial charge in [-0.3, -0.25) is 9.20 Å². The van der Waals surface area contributed by atoms with E-state index >= 15 is 0 Å². The van der Waals surface area contributed by atoms with Crippen molar-refractivity contribution in [3.05, 3.63) is 70.0 Å². The molecule has 0 N–H and O–H groups in total. The minimum absolute atomic E-state index is 0.00726. The summed E-state index contributed by atoms with van der Waals surface area (Å²) < 4.78 is 9.58. The average Bonchev–Trinajstić information content (AvgIpc) is 3.31. The number of ether oxygens (including phenoxy) is 1. The zero-order chi connectivity index (χ0) is 24.0. The molecule has 35 heavy (non-hydrogen) atoms. The molecule has 2 aliphatic rings. The molecule has 0 aliphatic heterocycles. The lowest BCUT2D eigenvalue weighted by Gasteiger charge is -2.42. The van der Waals surface area contributed by atoms with Crippen molar-refractivity contribution in [3.63, 3.8) is 0 Å². The summed E-state index contributed by atoms with van der Waals surface area (Å²) in [6.45, 7) is 2.17. The van der Waals surface area contributed by atoms with Gasteiger partial charge in [-0.15, -0.1) is 10.2 Å². The summed E-state index contributed by atoms with van der Waals surface area (Å²) in [5.74, 6) is 2.13. The van der Waals surface area contributed by atoms with Crippen molar-refractivity contribution in [3.8, 4) is 22.7 Å². The van der Waals surface area contributed by atoms with E-state index in [0.717, 1.165) is 66.3 Å². The summed E-state index contributed by atoms with van der Waals surface area (Å²) in [7, 11) is 1.64. The molecule has 1 saturated carbocycles. The number of rotatable bonds is 5. The first-order chi connectivity index (χ1) is 17.2. The van der Waals surface area contributed by atoms with E-state index in [4.69, 9.17) is 4.74 Å². The van der Waals surface area contributed by atoms with Crippen LogP contribution in [0.2, 0.25) is 0 Å². The van der Waals surface area contributed by atoms with Crippen LogP contribution < -0.4 is 10.3 Å². The number of benzene rings is 2. The van der Waals surface area contributed by atoms with E-state index < -0.39 is 0 Å². The van der Waals surface area contributed by atoms with Gasteiger partial charge in [-0.25, -0.2) is 4.57 Å². The molecule has 2 aromatic carbocycles. The lowest BCUT2D eigenvalue weighted by atomic mass is 9.62. The summed E-state index contributed by atoms with van der Waals surface area (Å²) in [6, 6.07) is 16.3. The normalized spacial score (nSPS) is 16.3. The van der Waals surface area contributed by atoms with Crippen molar-refractivity contribution >= 4 is 17.5 Å². The van der Waals surface area contributed by atoms with E-state index in [-0.39, 0.29) is 11.0 Å². The van der Waals surface area contributed by atoms with Gasteiger partial charge >= 0.3 is 0 Å². The molecule has 0 radical (unpaired) electrons. The van der Waals surface area contributed by atoms with E-state index in [2.05, 4.69) is 45.8 Å². The van der Waals surface area contributed by atoms with E-state index in [9.17, 15) is 4.79 Å². The fraction of sp³-hybridized carbons (Fsp3) is 0.393. The Kier molecular flexibility index (Phi) is 5.67. The number of methoxy groups -OCH3 is 1. The molecule has 180 valence electrons. The van der Waals surface area contributed by atoms with Crippen molar-refractivity contribution in [2.75, 3.05) is 12.9 Å². The third-order valence-corrected chi connectivity index (χ3v) is 8.73. The predicted octanol–water partition coefficient (Wildman–Crippen LogP) is 5.82. The van der Waals surface area contributed by atoms with Gasteiger partial charge in [0.05, 0.1) is 18.5 Å². The average molecular weight is 487 g/mol. The summed E-state index contributed by atoms with van der Waals surface area (Å²) in [4.78, 5) is 14.6. The molecule has 0 bridgehead atoms. The second-order valence-electron chi connectivity index (χ2n) is 9.68. The number of thioether (sulfide) groups is 1. The van der Waals surface area contributed by atoms with Gasteiger partial charge in [0.15, 0.2) is 5.16 Å². The topological polar surface area (TPSA) is 61.4 Å². The van der Waals surface area contributed by atoms with Gasteiger partial charge in [-0.2, -0.15) is 0 Å². The van der Waals surface area contributed by atoms with Crippen molar-refractivity contribution in [2.45, 2.75) is 62.4 Å². The molecular weight excluding hydrogens is 456 g/mol. The molecule has 0 unspecified atom stereocenters. The van der Waals surface area contributed by atoms with Crippen LogP contribution >= 0.6 is 11.8 Å². The predicted molar refractivity (Wildman–Crippen MR) is 140 cm³/mol. The van der Waals surface area contributed by atoms with Crippen LogP contribution in [0.1, 0.15) is 56.6 Å². The second-order valence-corrected chi connectivity index (χ2v) is 10.7. The molecule has 0 amide bonds. The first-order valence-electron chi connectivity index (χ1n) is 12.6. The molecule has 1 spiro atoms. The van der Waals surface area contributed by atoms with Gasteiger partial charge in [0.2, 0.25) is 5.78 Å². The third kappa shape index (κ3) is 3.43. The Bertz CT molecular complexity index is 1470. The van der Waals surface area contributed by atoms with Crippen molar-refractivity contribution in [1.82, 2.24) is 19.2 Å². The highest BCUT2D eigenvalue weighted by molar-refractivity contribution is 7.99.